The quantitative estimate of drug-likeness (QED) is 0.201. The van der Waals surface area contributed by atoms with Gasteiger partial charge in [0, 0.05) is 17.7 Å². The van der Waals surface area contributed by atoms with E-state index in [0.29, 0.717) is 41.9 Å². The van der Waals surface area contributed by atoms with Crippen molar-refractivity contribution in [1.82, 2.24) is 0 Å². The molecule has 196 valence electrons. The van der Waals surface area contributed by atoms with Crippen molar-refractivity contribution in [2.45, 2.75) is 43.8 Å². The van der Waals surface area contributed by atoms with Crippen LogP contribution in [0.5, 0.6) is 28.7 Å². The third-order valence-electron chi connectivity index (χ3n) is 5.33. The summed E-state index contributed by atoms with van der Waals surface area (Å²) in [6, 6.07) is 7.08. The van der Waals surface area contributed by atoms with Crippen molar-refractivity contribution >= 4 is 34.8 Å². The van der Waals surface area contributed by atoms with Crippen LogP contribution in [0, 0.1) is 0 Å². The van der Waals surface area contributed by atoms with Gasteiger partial charge in [0.15, 0.2) is 11.5 Å². The third kappa shape index (κ3) is 6.55. The molecule has 0 unspecified atom stereocenters. The van der Waals surface area contributed by atoms with E-state index in [1.54, 1.807) is 6.07 Å². The molecule has 1 fully saturated rings. The topological polar surface area (TPSA) is 46.2 Å². The van der Waals surface area contributed by atoms with Crippen LogP contribution in [0.25, 0.3) is 0 Å². The molecule has 0 spiro atoms. The van der Waals surface area contributed by atoms with Crippen molar-refractivity contribution in [1.29, 1.82) is 0 Å². The molecular weight excluding hydrogens is 551 g/mol. The molecule has 0 radical (unpaired) electrons. The highest BCUT2D eigenvalue weighted by atomic mass is 35.5. The highest BCUT2D eigenvalue weighted by molar-refractivity contribution is 6.55. The van der Waals surface area contributed by atoms with E-state index in [-0.39, 0.29) is 23.5 Å². The fourth-order valence-corrected chi connectivity index (χ4v) is 3.83. The summed E-state index contributed by atoms with van der Waals surface area (Å²) in [5, 5.41) is 0.435. The fraction of sp³-hybridized carbons (Fsp3) is 0.417. The Bertz CT molecular complexity index is 1120. The van der Waals surface area contributed by atoms with Crippen LogP contribution in [0.3, 0.4) is 0 Å². The molecule has 0 amide bonds. The van der Waals surface area contributed by atoms with E-state index in [1.807, 2.05) is 6.07 Å². The highest BCUT2D eigenvalue weighted by Crippen LogP contribution is 2.49. The Labute approximate surface area is 219 Å². The Morgan fingerprint density at radius 1 is 0.889 bits per heavy atom. The SMILES string of the molecule is FC1(F)Oc2ccc(OCCCCOc3c(Cl)cc(OCC=C(Cl)Cl)cc3C3CC3)cc2OC1(F)F. The van der Waals surface area contributed by atoms with Gasteiger partial charge in [-0.1, -0.05) is 34.8 Å². The smallest absolute Gasteiger partial charge is 0.493 e. The third-order valence-corrected chi connectivity index (χ3v) is 5.92. The van der Waals surface area contributed by atoms with E-state index in [1.165, 1.54) is 12.1 Å². The molecule has 36 heavy (non-hydrogen) atoms. The van der Waals surface area contributed by atoms with Crippen LogP contribution in [0.1, 0.15) is 37.2 Å². The maximum Gasteiger partial charge on any atom is 0.507 e. The van der Waals surface area contributed by atoms with Crippen molar-refractivity contribution in [3.8, 4) is 28.7 Å². The molecule has 2 aliphatic rings. The zero-order valence-corrected chi connectivity index (χ0v) is 20.9. The number of rotatable bonds is 11. The van der Waals surface area contributed by atoms with Crippen LogP contribution in [-0.4, -0.2) is 32.0 Å². The van der Waals surface area contributed by atoms with E-state index in [2.05, 4.69) is 9.47 Å². The molecule has 2 aromatic rings. The van der Waals surface area contributed by atoms with E-state index >= 15 is 0 Å². The molecule has 0 bridgehead atoms. The largest absolute Gasteiger partial charge is 0.507 e. The zero-order valence-electron chi connectivity index (χ0n) is 18.7. The molecule has 1 heterocycles. The Balaban J connectivity index is 1.26. The summed E-state index contributed by atoms with van der Waals surface area (Å²) >= 11 is 17.6. The molecule has 1 aliphatic carbocycles. The monoisotopic (exact) mass is 570 g/mol. The van der Waals surface area contributed by atoms with Gasteiger partial charge in [-0.3, -0.25) is 0 Å². The molecule has 2 aromatic carbocycles. The number of ether oxygens (including phenoxy) is 5. The van der Waals surface area contributed by atoms with Gasteiger partial charge in [0.25, 0.3) is 0 Å². The standard InChI is InChI=1S/C24H21Cl3F4O5/c25-18-12-16(33-10-7-21(26)27)11-17(14-3-4-14)22(18)34-9-2-1-8-32-15-5-6-19-20(13-15)36-24(30,31)23(28,29)35-19/h5-7,11-14H,1-4,8-10H2. The predicted molar refractivity (Wildman–Crippen MR) is 127 cm³/mol. The van der Waals surface area contributed by atoms with E-state index in [0.717, 1.165) is 30.5 Å². The van der Waals surface area contributed by atoms with E-state index in [4.69, 9.17) is 49.0 Å². The van der Waals surface area contributed by atoms with Crippen LogP contribution in [0.2, 0.25) is 5.02 Å². The Hall–Kier alpha value is -2.23. The van der Waals surface area contributed by atoms with E-state index < -0.39 is 23.7 Å². The molecule has 12 heteroatoms. The van der Waals surface area contributed by atoms with Gasteiger partial charge < -0.3 is 23.7 Å². The second-order valence-corrected chi connectivity index (χ2v) is 9.57. The van der Waals surface area contributed by atoms with Crippen molar-refractivity contribution in [3.63, 3.8) is 0 Å². The van der Waals surface area contributed by atoms with Crippen LogP contribution < -0.4 is 23.7 Å². The number of alkyl halides is 4. The van der Waals surface area contributed by atoms with Crippen molar-refractivity contribution in [3.05, 3.63) is 51.5 Å². The summed E-state index contributed by atoms with van der Waals surface area (Å²) in [6.45, 7) is 0.819. The number of benzene rings is 2. The van der Waals surface area contributed by atoms with Crippen molar-refractivity contribution < 1.29 is 41.2 Å². The molecule has 1 aliphatic heterocycles. The summed E-state index contributed by atoms with van der Waals surface area (Å²) < 4.78 is 78.6. The molecule has 5 nitrogen and oxygen atoms in total. The van der Waals surface area contributed by atoms with Crippen molar-refractivity contribution in [2.24, 2.45) is 0 Å². The zero-order chi connectivity index (χ0) is 25.9. The first-order valence-electron chi connectivity index (χ1n) is 11.1. The van der Waals surface area contributed by atoms with Gasteiger partial charge in [0.05, 0.1) is 18.2 Å². The second-order valence-electron chi connectivity index (χ2n) is 8.15. The van der Waals surface area contributed by atoms with Gasteiger partial charge in [-0.05, 0) is 55.9 Å². The number of fused-ring (bicyclic) bond motifs is 1. The summed E-state index contributed by atoms with van der Waals surface area (Å²) in [6.07, 6.45) is -4.74. The van der Waals surface area contributed by atoms with Gasteiger partial charge in [-0.2, -0.15) is 17.6 Å². The minimum atomic E-state index is -4.78. The van der Waals surface area contributed by atoms with Gasteiger partial charge in [0.1, 0.15) is 28.3 Å². The normalized spacial score (nSPS) is 17.3. The lowest BCUT2D eigenvalue weighted by Gasteiger charge is -2.31. The molecule has 4 rings (SSSR count). The second kappa shape index (κ2) is 11.0. The Kier molecular flexibility index (Phi) is 8.22. The molecule has 0 atom stereocenters. The van der Waals surface area contributed by atoms with Crippen molar-refractivity contribution in [2.75, 3.05) is 19.8 Å². The summed E-state index contributed by atoms with van der Waals surface area (Å²) in [5.41, 5.74) is 0.980. The first kappa shape index (κ1) is 26.8. The maximum absolute atomic E-state index is 13.4. The molecule has 0 saturated heterocycles. The lowest BCUT2D eigenvalue weighted by atomic mass is 10.1. The number of hydrogen-bond donors (Lipinski definition) is 0. The minimum Gasteiger partial charge on any atom is -0.493 e. The lowest BCUT2D eigenvalue weighted by Crippen LogP contribution is -2.52. The molecule has 0 aromatic heterocycles. The Morgan fingerprint density at radius 3 is 2.22 bits per heavy atom. The van der Waals surface area contributed by atoms with Gasteiger partial charge >= 0.3 is 12.2 Å². The van der Waals surface area contributed by atoms with Crippen LogP contribution in [0.15, 0.2) is 40.9 Å². The first-order chi connectivity index (χ1) is 17.1. The summed E-state index contributed by atoms with van der Waals surface area (Å²) in [5.74, 6) is 0.726. The maximum atomic E-state index is 13.4. The van der Waals surface area contributed by atoms with Crippen LogP contribution >= 0.6 is 34.8 Å². The van der Waals surface area contributed by atoms with Gasteiger partial charge in [0.2, 0.25) is 0 Å². The lowest BCUT2D eigenvalue weighted by molar-refractivity contribution is -0.391. The highest BCUT2D eigenvalue weighted by Gasteiger charge is 2.66. The number of halogens is 7. The predicted octanol–water partition coefficient (Wildman–Crippen LogP) is 8.11. The number of unbranched alkanes of at least 4 members (excludes halogenated alkanes) is 1. The Morgan fingerprint density at radius 2 is 1.56 bits per heavy atom. The average molecular weight is 572 g/mol. The summed E-state index contributed by atoms with van der Waals surface area (Å²) in [7, 11) is 0. The van der Waals surface area contributed by atoms with Crippen LogP contribution in [0.4, 0.5) is 17.6 Å². The summed E-state index contributed by atoms with van der Waals surface area (Å²) in [4.78, 5) is 0. The minimum absolute atomic E-state index is 0.118. The number of hydrogen-bond acceptors (Lipinski definition) is 5. The average Bonchev–Trinajstić information content (AvgIpc) is 3.62. The molecular formula is C24H21Cl3F4O5. The molecule has 0 N–H and O–H groups in total. The fourth-order valence-electron chi connectivity index (χ4n) is 3.43. The van der Waals surface area contributed by atoms with E-state index in [9.17, 15) is 17.6 Å². The van der Waals surface area contributed by atoms with Gasteiger partial charge in [-0.15, -0.1) is 0 Å². The van der Waals surface area contributed by atoms with Gasteiger partial charge in [-0.25, -0.2) is 0 Å². The van der Waals surface area contributed by atoms with Crippen LogP contribution in [-0.2, 0) is 0 Å². The first-order valence-corrected chi connectivity index (χ1v) is 12.2. The molecule has 1 saturated carbocycles.